The molecular formula is C22H21ClN2O5. The number of ether oxygens (including phenoxy) is 1. The summed E-state index contributed by atoms with van der Waals surface area (Å²) in [6, 6.07) is 10.3. The number of primary amides is 1. The lowest BCUT2D eigenvalue weighted by molar-refractivity contribution is -0.145. The van der Waals surface area contributed by atoms with Gasteiger partial charge >= 0.3 is 17.6 Å². The number of hydrogen-bond donors (Lipinski definition) is 2. The molecule has 2 amide bonds. The molecule has 8 heteroatoms. The molecule has 7 nitrogen and oxygen atoms in total. The molecule has 3 rings (SSSR count). The van der Waals surface area contributed by atoms with Gasteiger partial charge in [-0.2, -0.15) is 0 Å². The highest BCUT2D eigenvalue weighted by Crippen LogP contribution is 2.24. The number of hydrogen-bond acceptors (Lipinski definition) is 5. The molecule has 0 aliphatic carbocycles. The third-order valence-corrected chi connectivity index (χ3v) is 5.12. The number of esters is 1. The Morgan fingerprint density at radius 1 is 1.17 bits per heavy atom. The van der Waals surface area contributed by atoms with Crippen molar-refractivity contribution >= 4 is 34.6 Å². The molecule has 0 unspecified atom stereocenters. The zero-order chi connectivity index (χ0) is 21.8. The van der Waals surface area contributed by atoms with E-state index in [2.05, 4.69) is 5.32 Å². The third-order valence-electron chi connectivity index (χ3n) is 4.87. The van der Waals surface area contributed by atoms with E-state index in [-0.39, 0.29) is 13.0 Å². The van der Waals surface area contributed by atoms with Crippen LogP contribution >= 0.6 is 11.6 Å². The van der Waals surface area contributed by atoms with Crippen LogP contribution in [0, 0.1) is 13.8 Å². The summed E-state index contributed by atoms with van der Waals surface area (Å²) in [5.41, 5.74) is 8.24. The van der Waals surface area contributed by atoms with Crippen molar-refractivity contribution in [3.8, 4) is 0 Å². The summed E-state index contributed by atoms with van der Waals surface area (Å²) >= 11 is 5.89. The highest BCUT2D eigenvalue weighted by atomic mass is 35.5. The largest absolute Gasteiger partial charge is 0.461 e. The first-order chi connectivity index (χ1) is 14.2. The Kier molecular flexibility index (Phi) is 6.42. The van der Waals surface area contributed by atoms with Crippen molar-refractivity contribution in [2.75, 3.05) is 0 Å². The quantitative estimate of drug-likeness (QED) is 0.456. The van der Waals surface area contributed by atoms with Crippen molar-refractivity contribution in [2.24, 2.45) is 5.73 Å². The summed E-state index contributed by atoms with van der Waals surface area (Å²) in [4.78, 5) is 35.7. The first kappa shape index (κ1) is 21.4. The van der Waals surface area contributed by atoms with Gasteiger partial charge in [0.25, 0.3) is 0 Å². The lowest BCUT2D eigenvalue weighted by Crippen LogP contribution is -2.34. The first-order valence-electron chi connectivity index (χ1n) is 9.24. The number of nitrogens with one attached hydrogen (secondary N) is 1. The molecule has 0 aliphatic heterocycles. The molecule has 0 aliphatic rings. The molecule has 2 aromatic carbocycles. The van der Waals surface area contributed by atoms with Gasteiger partial charge in [0.05, 0.1) is 12.5 Å². The van der Waals surface area contributed by atoms with Crippen LogP contribution in [0.15, 0.2) is 51.7 Å². The summed E-state index contributed by atoms with van der Waals surface area (Å²) in [5, 5.41) is 3.76. The molecule has 0 saturated carbocycles. The zero-order valence-electron chi connectivity index (χ0n) is 16.5. The fraction of sp³-hybridized carbons (Fsp3) is 0.227. The Balaban J connectivity index is 1.77. The van der Waals surface area contributed by atoms with E-state index >= 15 is 0 Å². The maximum atomic E-state index is 12.4. The molecule has 3 N–H and O–H groups in total. The van der Waals surface area contributed by atoms with E-state index in [0.29, 0.717) is 27.1 Å². The van der Waals surface area contributed by atoms with Gasteiger partial charge in [0.2, 0.25) is 0 Å². The Bertz CT molecular complexity index is 1150. The van der Waals surface area contributed by atoms with E-state index < -0.39 is 23.7 Å². The summed E-state index contributed by atoms with van der Waals surface area (Å²) in [6.45, 7) is 3.68. The smallest absolute Gasteiger partial charge is 0.336 e. The van der Waals surface area contributed by atoms with Crippen LogP contribution < -0.4 is 16.7 Å². The average molecular weight is 429 g/mol. The second kappa shape index (κ2) is 9.00. The van der Waals surface area contributed by atoms with E-state index in [4.69, 9.17) is 26.5 Å². The standard InChI is InChI=1S/C22H21ClN2O5/c1-12-3-8-17-15(9-20(27)30-21(17)13(12)2)11-29-19(26)10-18(25-22(24)28)14-4-6-16(23)7-5-14/h3-9,18H,10-11H2,1-2H3,(H3,24,25,28)/t18-/m0/s1. The van der Waals surface area contributed by atoms with Gasteiger partial charge in [0.1, 0.15) is 12.2 Å². The van der Waals surface area contributed by atoms with Crippen molar-refractivity contribution in [3.63, 3.8) is 0 Å². The van der Waals surface area contributed by atoms with Crippen LogP contribution in [0.3, 0.4) is 0 Å². The Labute approximate surface area is 177 Å². The first-order valence-corrected chi connectivity index (χ1v) is 9.62. The van der Waals surface area contributed by atoms with Gasteiger partial charge in [-0.1, -0.05) is 35.9 Å². The predicted octanol–water partition coefficient (Wildman–Crippen LogP) is 3.91. The lowest BCUT2D eigenvalue weighted by Gasteiger charge is -2.17. The number of halogens is 1. The van der Waals surface area contributed by atoms with Gasteiger partial charge in [-0.3, -0.25) is 4.79 Å². The molecule has 0 bridgehead atoms. The van der Waals surface area contributed by atoms with Crippen LogP contribution in [0.5, 0.6) is 0 Å². The van der Waals surface area contributed by atoms with Gasteiger partial charge in [-0.15, -0.1) is 0 Å². The van der Waals surface area contributed by atoms with Gasteiger partial charge in [0.15, 0.2) is 0 Å². The number of nitrogens with two attached hydrogens (primary N) is 1. The van der Waals surface area contributed by atoms with Crippen LogP contribution in [-0.2, 0) is 16.1 Å². The van der Waals surface area contributed by atoms with Gasteiger partial charge in [-0.25, -0.2) is 9.59 Å². The fourth-order valence-electron chi connectivity index (χ4n) is 3.15. The molecule has 3 aromatic rings. The van der Waals surface area contributed by atoms with Crippen LogP contribution in [0.4, 0.5) is 4.79 Å². The summed E-state index contributed by atoms with van der Waals surface area (Å²) in [7, 11) is 0. The van der Waals surface area contributed by atoms with Gasteiger partial charge in [0, 0.05) is 22.0 Å². The van der Waals surface area contributed by atoms with Gasteiger partial charge < -0.3 is 20.2 Å². The van der Waals surface area contributed by atoms with Crippen molar-refractivity contribution in [3.05, 3.63) is 80.2 Å². The molecule has 0 spiro atoms. The van der Waals surface area contributed by atoms with Crippen molar-refractivity contribution in [1.82, 2.24) is 5.32 Å². The normalized spacial score (nSPS) is 11.8. The van der Waals surface area contributed by atoms with Crippen LogP contribution in [-0.4, -0.2) is 12.0 Å². The molecule has 0 saturated heterocycles. The maximum absolute atomic E-state index is 12.4. The monoisotopic (exact) mass is 428 g/mol. The third kappa shape index (κ3) is 4.99. The number of benzene rings is 2. The van der Waals surface area contributed by atoms with Crippen LogP contribution in [0.1, 0.15) is 34.7 Å². The van der Waals surface area contributed by atoms with Gasteiger partial charge in [-0.05, 0) is 42.7 Å². The molecule has 1 aromatic heterocycles. The van der Waals surface area contributed by atoms with Crippen molar-refractivity contribution < 1.29 is 18.7 Å². The Morgan fingerprint density at radius 2 is 1.87 bits per heavy atom. The number of carbonyl (C=O) groups excluding carboxylic acids is 2. The number of carbonyl (C=O) groups is 2. The minimum Gasteiger partial charge on any atom is -0.461 e. The predicted molar refractivity (Wildman–Crippen MR) is 113 cm³/mol. The molecule has 156 valence electrons. The number of urea groups is 1. The van der Waals surface area contributed by atoms with Crippen molar-refractivity contribution in [1.29, 1.82) is 0 Å². The number of amides is 2. The molecule has 1 atom stereocenters. The Morgan fingerprint density at radius 3 is 2.53 bits per heavy atom. The second-order valence-electron chi connectivity index (χ2n) is 6.95. The summed E-state index contributed by atoms with van der Waals surface area (Å²) in [5.74, 6) is -0.561. The SMILES string of the molecule is Cc1ccc2c(COC(=O)C[C@H](NC(N)=O)c3ccc(Cl)cc3)cc(=O)oc2c1C. The Hall–Kier alpha value is -3.32. The van der Waals surface area contributed by atoms with Crippen molar-refractivity contribution in [2.45, 2.75) is 32.9 Å². The fourth-order valence-corrected chi connectivity index (χ4v) is 3.27. The number of rotatable bonds is 6. The molecular weight excluding hydrogens is 408 g/mol. The minimum atomic E-state index is -0.764. The minimum absolute atomic E-state index is 0.104. The average Bonchev–Trinajstić information content (AvgIpc) is 2.69. The number of aryl methyl sites for hydroxylation is 2. The van der Waals surface area contributed by atoms with E-state index in [0.717, 1.165) is 11.1 Å². The molecule has 0 fully saturated rings. The molecule has 0 radical (unpaired) electrons. The topological polar surface area (TPSA) is 112 Å². The maximum Gasteiger partial charge on any atom is 0.336 e. The summed E-state index contributed by atoms with van der Waals surface area (Å²) < 4.78 is 10.7. The van der Waals surface area contributed by atoms with Crippen LogP contribution in [0.25, 0.3) is 11.0 Å². The van der Waals surface area contributed by atoms with E-state index in [1.54, 1.807) is 24.3 Å². The highest BCUT2D eigenvalue weighted by Gasteiger charge is 2.19. The van der Waals surface area contributed by atoms with E-state index in [9.17, 15) is 14.4 Å². The highest BCUT2D eigenvalue weighted by molar-refractivity contribution is 6.30. The van der Waals surface area contributed by atoms with Crippen LogP contribution in [0.2, 0.25) is 5.02 Å². The number of fused-ring (bicyclic) bond motifs is 1. The van der Waals surface area contributed by atoms with E-state index in [1.807, 2.05) is 26.0 Å². The summed E-state index contributed by atoms with van der Waals surface area (Å²) in [6.07, 6.45) is -0.137. The lowest BCUT2D eigenvalue weighted by atomic mass is 10.0. The van der Waals surface area contributed by atoms with E-state index in [1.165, 1.54) is 6.07 Å². The molecule has 1 heterocycles. The molecule has 30 heavy (non-hydrogen) atoms. The zero-order valence-corrected chi connectivity index (χ0v) is 17.3. The second-order valence-corrected chi connectivity index (χ2v) is 7.39.